The number of nitrogens with one attached hydrogen (secondary N) is 1. The molecule has 1 aromatic carbocycles. The minimum absolute atomic E-state index is 0.00272. The molecule has 1 amide bonds. The monoisotopic (exact) mass is 684 g/mol. The highest BCUT2D eigenvalue weighted by atomic mass is 19.1. The zero-order chi connectivity index (χ0) is 34.7. The number of carbonyl (C=O) groups excluding carboxylic acids is 1. The van der Waals surface area contributed by atoms with Crippen molar-refractivity contribution in [3.8, 4) is 0 Å². The lowest BCUT2D eigenvalue weighted by molar-refractivity contribution is -0.247. The number of hydrogen-bond acceptors (Lipinski definition) is 6. The first-order valence-corrected chi connectivity index (χ1v) is 19.2. The molecule has 2 heterocycles. The highest BCUT2D eigenvalue weighted by molar-refractivity contribution is 5.73. The molecule has 2 aliphatic heterocycles. The number of carbonyl (C=O) groups is 1. The van der Waals surface area contributed by atoms with Crippen LogP contribution < -0.4 is 5.32 Å². The van der Waals surface area contributed by atoms with E-state index in [-0.39, 0.29) is 52.2 Å². The van der Waals surface area contributed by atoms with Crippen molar-refractivity contribution < 1.29 is 32.9 Å². The predicted molar refractivity (Wildman–Crippen MR) is 181 cm³/mol. The molecular weight excluding hydrogens is 626 g/mol. The van der Waals surface area contributed by atoms with Crippen LogP contribution in [0.3, 0.4) is 0 Å². The lowest BCUT2D eigenvalue weighted by Gasteiger charge is -2.64. The van der Waals surface area contributed by atoms with Gasteiger partial charge in [-0.05, 0) is 114 Å². The number of fused-ring (bicyclic) bond motifs is 4. The summed E-state index contributed by atoms with van der Waals surface area (Å²) in [4.78, 5) is 13.9. The second-order valence-electron chi connectivity index (χ2n) is 18.4. The zero-order valence-electron chi connectivity index (χ0n) is 30.4. The van der Waals surface area contributed by atoms with Crippen LogP contribution in [0.25, 0.3) is 0 Å². The highest BCUT2D eigenvalue weighted by Gasteiger charge is 2.84. The molecular formula is C40H58F2N2O5. The van der Waals surface area contributed by atoms with Crippen molar-refractivity contribution in [2.24, 2.45) is 50.7 Å². The van der Waals surface area contributed by atoms with Crippen LogP contribution in [0.2, 0.25) is 0 Å². The summed E-state index contributed by atoms with van der Waals surface area (Å²) in [6.45, 7) is 16.3. The normalized spacial score (nSPS) is 48.1. The molecule has 8 rings (SSSR count). The van der Waals surface area contributed by atoms with Crippen molar-refractivity contribution in [1.82, 2.24) is 10.2 Å². The zero-order valence-corrected chi connectivity index (χ0v) is 30.4. The standard InChI is InChI=1S/C40H58F2N2O5/c1-23-15-28(20-43-19-25-16-26(41)18-27(42)17-25)48-34-33(23)37(5)11-12-40-22-39(40)10-9-31(49-32-21-44(24(2)45)13-14-47-32)36(3,4)29(39)7-8-30(40)38(37,6)35(34)46/h16-18,23,28-35,43,46H,7-15,19-22H2,1-6H3/t23?,28?,29-,30-,31?,32?,33?,34?,35-,37+,38+,39+,40?/m0/s1. The highest BCUT2D eigenvalue weighted by Crippen LogP contribution is 2.89. The van der Waals surface area contributed by atoms with E-state index < -0.39 is 17.7 Å². The molecule has 2 saturated heterocycles. The van der Waals surface area contributed by atoms with Gasteiger partial charge in [0.05, 0.1) is 37.6 Å². The Morgan fingerprint density at radius 2 is 1.76 bits per heavy atom. The number of halogens is 2. The van der Waals surface area contributed by atoms with Crippen LogP contribution in [0, 0.1) is 62.4 Å². The van der Waals surface area contributed by atoms with Gasteiger partial charge in [-0.15, -0.1) is 0 Å². The summed E-state index contributed by atoms with van der Waals surface area (Å²) >= 11 is 0. The van der Waals surface area contributed by atoms with Crippen LogP contribution in [0.5, 0.6) is 0 Å². The summed E-state index contributed by atoms with van der Waals surface area (Å²) in [6, 6.07) is 3.64. The minimum Gasteiger partial charge on any atom is -0.390 e. The van der Waals surface area contributed by atoms with Gasteiger partial charge < -0.3 is 29.5 Å². The molecule has 2 N–H and O–H groups in total. The fourth-order valence-electron chi connectivity index (χ4n) is 14.0. The van der Waals surface area contributed by atoms with Crippen molar-refractivity contribution in [2.75, 3.05) is 26.2 Å². The van der Waals surface area contributed by atoms with Gasteiger partial charge in [-0.2, -0.15) is 0 Å². The molecule has 0 radical (unpaired) electrons. The van der Waals surface area contributed by atoms with E-state index >= 15 is 0 Å². The van der Waals surface area contributed by atoms with Crippen LogP contribution in [0.4, 0.5) is 8.78 Å². The van der Waals surface area contributed by atoms with Crippen molar-refractivity contribution in [3.05, 3.63) is 35.4 Å². The molecule has 5 saturated carbocycles. The third-order valence-corrected chi connectivity index (χ3v) is 16.2. The van der Waals surface area contributed by atoms with E-state index in [1.165, 1.54) is 25.0 Å². The smallest absolute Gasteiger partial charge is 0.219 e. The number of hydrogen-bond donors (Lipinski definition) is 2. The van der Waals surface area contributed by atoms with E-state index in [1.54, 1.807) is 6.92 Å². The van der Waals surface area contributed by atoms with Crippen LogP contribution in [-0.2, 0) is 25.5 Å². The number of morpholine rings is 1. The molecule has 13 atom stereocenters. The molecule has 7 aliphatic rings. The topological polar surface area (TPSA) is 80.3 Å². The molecule has 49 heavy (non-hydrogen) atoms. The SMILES string of the molecule is CC(=O)N1CCOC(OC2CC[C@]34CC35CC[C@]3(C)C6C(C)CC(CNCc7cc(F)cc(F)c7)OC6[C@H](O)[C@@]3(C)[C@@H]5CC[C@H]4C2(C)C)C1. The van der Waals surface area contributed by atoms with Gasteiger partial charge in [0, 0.05) is 38.0 Å². The maximum Gasteiger partial charge on any atom is 0.219 e. The number of aliphatic hydroxyl groups is 1. The molecule has 2 spiro atoms. The molecule has 7 nitrogen and oxygen atoms in total. The summed E-state index contributed by atoms with van der Waals surface area (Å²) in [5, 5.41) is 15.9. The summed E-state index contributed by atoms with van der Waals surface area (Å²) in [5.74, 6) is 0.686. The molecule has 7 fully saturated rings. The Morgan fingerprint density at radius 1 is 1.04 bits per heavy atom. The van der Waals surface area contributed by atoms with Crippen molar-refractivity contribution in [1.29, 1.82) is 0 Å². The maximum absolute atomic E-state index is 13.7. The van der Waals surface area contributed by atoms with E-state index in [9.17, 15) is 18.7 Å². The predicted octanol–water partition coefficient (Wildman–Crippen LogP) is 6.46. The Morgan fingerprint density at radius 3 is 2.49 bits per heavy atom. The fraction of sp³-hybridized carbons (Fsp3) is 0.825. The van der Waals surface area contributed by atoms with E-state index in [4.69, 9.17) is 14.2 Å². The third-order valence-electron chi connectivity index (χ3n) is 16.2. The van der Waals surface area contributed by atoms with Gasteiger partial charge >= 0.3 is 0 Å². The van der Waals surface area contributed by atoms with E-state index in [0.29, 0.717) is 67.4 Å². The average molecular weight is 685 g/mol. The van der Waals surface area contributed by atoms with Gasteiger partial charge in [0.2, 0.25) is 5.91 Å². The third kappa shape index (κ3) is 4.90. The summed E-state index contributed by atoms with van der Waals surface area (Å²) < 4.78 is 47.1. The van der Waals surface area contributed by atoms with Crippen LogP contribution >= 0.6 is 0 Å². The van der Waals surface area contributed by atoms with E-state index in [0.717, 1.165) is 44.6 Å². The number of rotatable bonds is 6. The Bertz CT molecular complexity index is 1460. The van der Waals surface area contributed by atoms with Gasteiger partial charge in [-0.1, -0.05) is 34.6 Å². The molecule has 7 unspecified atom stereocenters. The largest absolute Gasteiger partial charge is 0.390 e. The number of aliphatic hydroxyl groups excluding tert-OH is 1. The number of nitrogens with zero attached hydrogens (tertiary/aromatic N) is 1. The number of amides is 1. The van der Waals surface area contributed by atoms with Gasteiger partial charge in [-0.3, -0.25) is 4.79 Å². The van der Waals surface area contributed by atoms with Gasteiger partial charge in [0.25, 0.3) is 0 Å². The van der Waals surface area contributed by atoms with E-state index in [1.807, 2.05) is 4.90 Å². The maximum atomic E-state index is 13.7. The summed E-state index contributed by atoms with van der Waals surface area (Å²) in [5.41, 5.74) is 0.902. The van der Waals surface area contributed by atoms with Gasteiger partial charge in [0.1, 0.15) is 11.6 Å². The van der Waals surface area contributed by atoms with E-state index in [2.05, 4.69) is 39.9 Å². The second kappa shape index (κ2) is 11.7. The fourth-order valence-corrected chi connectivity index (χ4v) is 14.0. The first-order chi connectivity index (χ1) is 23.2. The van der Waals surface area contributed by atoms with Crippen LogP contribution in [0.15, 0.2) is 18.2 Å². The Labute approximate surface area is 291 Å². The van der Waals surface area contributed by atoms with Crippen molar-refractivity contribution in [3.63, 3.8) is 0 Å². The van der Waals surface area contributed by atoms with Gasteiger partial charge in [-0.25, -0.2) is 8.78 Å². The summed E-state index contributed by atoms with van der Waals surface area (Å²) in [7, 11) is 0. The van der Waals surface area contributed by atoms with Crippen molar-refractivity contribution >= 4 is 5.91 Å². The molecule has 0 bridgehead atoms. The average Bonchev–Trinajstić information content (AvgIpc) is 3.67. The molecule has 272 valence electrons. The van der Waals surface area contributed by atoms with Crippen LogP contribution in [0.1, 0.15) is 98.5 Å². The first-order valence-electron chi connectivity index (χ1n) is 19.2. The number of benzene rings is 1. The van der Waals surface area contributed by atoms with Gasteiger partial charge in [0.15, 0.2) is 6.29 Å². The molecule has 0 aromatic heterocycles. The Kier molecular flexibility index (Phi) is 8.21. The first kappa shape index (κ1) is 34.4. The lowest BCUT2D eigenvalue weighted by atomic mass is 9.41. The Balaban J connectivity index is 0.980. The molecule has 1 aromatic rings. The molecule has 9 heteroatoms. The lowest BCUT2D eigenvalue weighted by Crippen LogP contribution is -2.60. The van der Waals surface area contributed by atoms with Crippen molar-refractivity contribution in [2.45, 2.75) is 130 Å². The second-order valence-corrected chi connectivity index (χ2v) is 18.4. The Hall–Kier alpha value is -1.65. The molecule has 5 aliphatic carbocycles. The summed E-state index contributed by atoms with van der Waals surface area (Å²) in [6.07, 6.45) is 7.95. The van der Waals surface area contributed by atoms with Crippen LogP contribution in [-0.4, -0.2) is 72.9 Å². The minimum atomic E-state index is -0.564. The quantitative estimate of drug-likeness (QED) is 0.359. The number of ether oxygens (including phenoxy) is 3.